The molecule has 3 N–H and O–H groups in total. The number of hydrogen-bond donors (Lipinski definition) is 2. The number of halogens is 1. The summed E-state index contributed by atoms with van der Waals surface area (Å²) in [5.41, 5.74) is 6.73. The second kappa shape index (κ2) is 5.38. The van der Waals surface area contributed by atoms with Gasteiger partial charge in [-0.05, 0) is 17.7 Å². The predicted molar refractivity (Wildman–Crippen MR) is 70.2 cm³/mol. The van der Waals surface area contributed by atoms with Crippen molar-refractivity contribution in [2.45, 2.75) is 6.54 Å². The van der Waals surface area contributed by atoms with Gasteiger partial charge in [0.15, 0.2) is 5.96 Å². The Kier molecular flexibility index (Phi) is 3.86. The molecule has 0 unspecified atom stereocenters. The highest BCUT2D eigenvalue weighted by Crippen LogP contribution is 2.12. The zero-order valence-electron chi connectivity index (χ0n) is 9.69. The Morgan fingerprint density at radius 2 is 1.76 bits per heavy atom. The summed E-state index contributed by atoms with van der Waals surface area (Å²) >= 11 is 5.85. The number of hydrogen-bond acceptors (Lipinski definition) is 2. The number of nitrogens with zero attached hydrogens (tertiary/aromatic N) is 2. The van der Waals surface area contributed by atoms with Gasteiger partial charge in [-0.25, -0.2) is 0 Å². The van der Waals surface area contributed by atoms with Crippen molar-refractivity contribution >= 4 is 17.6 Å². The first-order valence-electron chi connectivity index (χ1n) is 5.71. The summed E-state index contributed by atoms with van der Waals surface area (Å²) in [4.78, 5) is 4.26. The van der Waals surface area contributed by atoms with Gasteiger partial charge >= 0.3 is 0 Å². The van der Waals surface area contributed by atoms with Crippen LogP contribution in [0.5, 0.6) is 0 Å². The third kappa shape index (κ3) is 3.35. The predicted octanol–water partition coefficient (Wildman–Crippen LogP) is 1.35. The smallest absolute Gasteiger partial charge is 0.188 e. The Morgan fingerprint density at radius 1 is 1.18 bits per heavy atom. The highest BCUT2D eigenvalue weighted by molar-refractivity contribution is 6.30. The van der Waals surface area contributed by atoms with Crippen LogP contribution in [0.15, 0.2) is 24.3 Å². The van der Waals surface area contributed by atoms with Gasteiger partial charge in [0.25, 0.3) is 0 Å². The fourth-order valence-electron chi connectivity index (χ4n) is 1.99. The molecule has 0 atom stereocenters. The lowest BCUT2D eigenvalue weighted by atomic mass is 10.2. The van der Waals surface area contributed by atoms with E-state index in [-0.39, 0.29) is 5.96 Å². The van der Waals surface area contributed by atoms with Crippen LogP contribution in [0.25, 0.3) is 0 Å². The third-order valence-corrected chi connectivity index (χ3v) is 3.28. The molecular weight excluding hydrogens is 236 g/mol. The Bertz CT molecular complexity index is 382. The molecule has 0 spiro atoms. The van der Waals surface area contributed by atoms with Crippen molar-refractivity contribution in [2.24, 2.45) is 5.73 Å². The zero-order chi connectivity index (χ0) is 12.3. The van der Waals surface area contributed by atoms with E-state index in [0.717, 1.165) is 37.7 Å². The Hall–Kier alpha value is -1.26. The van der Waals surface area contributed by atoms with E-state index in [1.807, 2.05) is 17.0 Å². The maximum absolute atomic E-state index is 7.37. The topological polar surface area (TPSA) is 56.4 Å². The van der Waals surface area contributed by atoms with Crippen LogP contribution in [-0.4, -0.2) is 41.9 Å². The van der Waals surface area contributed by atoms with Crippen molar-refractivity contribution in [3.05, 3.63) is 34.9 Å². The molecule has 17 heavy (non-hydrogen) atoms. The van der Waals surface area contributed by atoms with Crippen LogP contribution in [0.1, 0.15) is 5.56 Å². The minimum Gasteiger partial charge on any atom is -0.370 e. The van der Waals surface area contributed by atoms with Gasteiger partial charge in [0.2, 0.25) is 0 Å². The molecule has 1 aliphatic rings. The summed E-state index contributed by atoms with van der Waals surface area (Å²) in [6.45, 7) is 4.50. The Balaban J connectivity index is 1.85. The number of rotatable bonds is 2. The number of benzene rings is 1. The van der Waals surface area contributed by atoms with E-state index in [1.165, 1.54) is 5.56 Å². The van der Waals surface area contributed by atoms with E-state index in [4.69, 9.17) is 22.7 Å². The van der Waals surface area contributed by atoms with Crippen LogP contribution in [0, 0.1) is 5.41 Å². The maximum atomic E-state index is 7.37. The van der Waals surface area contributed by atoms with Crippen LogP contribution in [0.3, 0.4) is 0 Å². The summed E-state index contributed by atoms with van der Waals surface area (Å²) in [5.74, 6) is 0.177. The summed E-state index contributed by atoms with van der Waals surface area (Å²) < 4.78 is 0. The first-order valence-corrected chi connectivity index (χ1v) is 6.09. The van der Waals surface area contributed by atoms with Crippen molar-refractivity contribution in [2.75, 3.05) is 26.2 Å². The molecule has 0 aromatic heterocycles. The molecule has 0 saturated carbocycles. The number of nitrogens with one attached hydrogen (secondary N) is 1. The lowest BCUT2D eigenvalue weighted by Gasteiger charge is -2.34. The average Bonchev–Trinajstić information content (AvgIpc) is 2.33. The molecule has 1 fully saturated rings. The van der Waals surface area contributed by atoms with Gasteiger partial charge in [0.1, 0.15) is 0 Å². The third-order valence-electron chi connectivity index (χ3n) is 3.03. The molecular formula is C12H17ClN4. The van der Waals surface area contributed by atoms with Crippen molar-refractivity contribution in [3.63, 3.8) is 0 Å². The van der Waals surface area contributed by atoms with Crippen LogP contribution in [0.2, 0.25) is 5.02 Å². The van der Waals surface area contributed by atoms with Gasteiger partial charge in [0, 0.05) is 37.7 Å². The summed E-state index contributed by atoms with van der Waals surface area (Å²) in [7, 11) is 0. The molecule has 5 heteroatoms. The summed E-state index contributed by atoms with van der Waals surface area (Å²) in [6, 6.07) is 7.95. The van der Waals surface area contributed by atoms with Crippen LogP contribution < -0.4 is 5.73 Å². The summed E-state index contributed by atoms with van der Waals surface area (Å²) in [5, 5.41) is 8.14. The van der Waals surface area contributed by atoms with Gasteiger partial charge in [-0.1, -0.05) is 23.7 Å². The van der Waals surface area contributed by atoms with E-state index >= 15 is 0 Å². The summed E-state index contributed by atoms with van der Waals surface area (Å²) in [6.07, 6.45) is 0. The molecule has 0 bridgehead atoms. The van der Waals surface area contributed by atoms with Crippen LogP contribution >= 0.6 is 11.6 Å². The molecule has 1 heterocycles. The standard InChI is InChI=1S/C12H17ClN4/c13-11-3-1-10(2-4-11)9-16-5-7-17(8-6-16)12(14)15/h1-4H,5-9H2,(H3,14,15). The lowest BCUT2D eigenvalue weighted by molar-refractivity contribution is 0.174. The minimum absolute atomic E-state index is 0.177. The molecule has 0 radical (unpaired) electrons. The molecule has 0 aliphatic carbocycles. The van der Waals surface area contributed by atoms with Crippen molar-refractivity contribution < 1.29 is 0 Å². The van der Waals surface area contributed by atoms with E-state index in [9.17, 15) is 0 Å². The highest BCUT2D eigenvalue weighted by Gasteiger charge is 2.17. The van der Waals surface area contributed by atoms with E-state index < -0.39 is 0 Å². The molecule has 92 valence electrons. The largest absolute Gasteiger partial charge is 0.370 e. The number of nitrogens with two attached hydrogens (primary N) is 1. The van der Waals surface area contributed by atoms with Crippen LogP contribution in [0.4, 0.5) is 0 Å². The number of guanidine groups is 1. The highest BCUT2D eigenvalue weighted by atomic mass is 35.5. The first-order chi connectivity index (χ1) is 8.15. The van der Waals surface area contributed by atoms with Crippen molar-refractivity contribution in [1.29, 1.82) is 5.41 Å². The van der Waals surface area contributed by atoms with E-state index in [0.29, 0.717) is 0 Å². The van der Waals surface area contributed by atoms with Crippen molar-refractivity contribution in [1.82, 2.24) is 9.80 Å². The average molecular weight is 253 g/mol. The number of piperazine rings is 1. The normalized spacial score (nSPS) is 17.1. The minimum atomic E-state index is 0.177. The van der Waals surface area contributed by atoms with Gasteiger partial charge in [-0.3, -0.25) is 10.3 Å². The van der Waals surface area contributed by atoms with Gasteiger partial charge in [0.05, 0.1) is 0 Å². The Morgan fingerprint density at radius 3 is 2.29 bits per heavy atom. The molecule has 1 aromatic rings. The molecule has 1 aliphatic heterocycles. The monoisotopic (exact) mass is 252 g/mol. The molecule has 0 amide bonds. The van der Waals surface area contributed by atoms with E-state index in [2.05, 4.69) is 17.0 Å². The lowest BCUT2D eigenvalue weighted by Crippen LogP contribution is -2.50. The fourth-order valence-corrected chi connectivity index (χ4v) is 2.12. The molecule has 2 rings (SSSR count). The molecule has 4 nitrogen and oxygen atoms in total. The van der Waals surface area contributed by atoms with Crippen LogP contribution in [-0.2, 0) is 6.54 Å². The zero-order valence-corrected chi connectivity index (χ0v) is 10.5. The van der Waals surface area contributed by atoms with Crippen molar-refractivity contribution in [3.8, 4) is 0 Å². The van der Waals surface area contributed by atoms with Gasteiger partial charge in [-0.2, -0.15) is 0 Å². The maximum Gasteiger partial charge on any atom is 0.188 e. The molecule has 1 saturated heterocycles. The van der Waals surface area contributed by atoms with Gasteiger partial charge < -0.3 is 10.6 Å². The second-order valence-electron chi connectivity index (χ2n) is 4.27. The van der Waals surface area contributed by atoms with E-state index in [1.54, 1.807) is 0 Å². The first kappa shape index (κ1) is 12.2. The Labute approximate surface area is 106 Å². The molecule has 1 aromatic carbocycles. The van der Waals surface area contributed by atoms with Gasteiger partial charge in [-0.15, -0.1) is 0 Å². The second-order valence-corrected chi connectivity index (χ2v) is 4.71. The quantitative estimate of drug-likeness (QED) is 0.617. The SMILES string of the molecule is N=C(N)N1CCN(Cc2ccc(Cl)cc2)CC1. The fraction of sp³-hybridized carbons (Fsp3) is 0.417.